The molecule has 26 heteroatoms. The molecule has 2 fully saturated rings. The summed E-state index contributed by atoms with van der Waals surface area (Å²) in [6.45, 7) is 31.3. The van der Waals surface area contributed by atoms with Crippen molar-refractivity contribution in [3.05, 3.63) is 12.2 Å². The van der Waals surface area contributed by atoms with Gasteiger partial charge >= 0.3 is 0 Å². The Labute approximate surface area is 573 Å². The maximum atomic E-state index is 15.4. The van der Waals surface area contributed by atoms with E-state index in [1.165, 1.54) is 102 Å². The van der Waals surface area contributed by atoms with Crippen LogP contribution in [0.25, 0.3) is 0 Å². The summed E-state index contributed by atoms with van der Waals surface area (Å²) in [6.07, 6.45) is 5.47. The predicted octanol–water partition coefficient (Wildman–Crippen LogP) is 3.93. The number of rotatable bonds is 19. The van der Waals surface area contributed by atoms with Gasteiger partial charge in [-0.3, -0.25) is 52.7 Å². The first kappa shape index (κ1) is 85.2. The van der Waals surface area contributed by atoms with Gasteiger partial charge in [-0.25, -0.2) is 0 Å². The molecule has 0 bridgehead atoms. The Bertz CT molecular complexity index is 2610. The molecule has 0 aromatic rings. The number of aliphatic hydroxyl groups is 2. The summed E-state index contributed by atoms with van der Waals surface area (Å²) in [6, 6.07) is -13.1. The largest absolute Gasteiger partial charge is 0.390 e. The van der Waals surface area contributed by atoms with Crippen molar-refractivity contribution >= 4 is 76.7 Å². The van der Waals surface area contributed by atoms with Crippen molar-refractivity contribution in [1.29, 1.82) is 0 Å². The molecule has 0 aliphatic carbocycles. The molecule has 2 aliphatic heterocycles. The molecule has 544 valence electrons. The molecule has 13 atom stereocenters. The first-order valence-electron chi connectivity index (χ1n) is 34.4. The summed E-state index contributed by atoms with van der Waals surface area (Å²) in [7, 11) is 9.91. The molecular formula is C69H124N12O13S. The van der Waals surface area contributed by atoms with E-state index in [4.69, 9.17) is 0 Å². The number of carbonyl (C=O) groups excluding carboxylic acids is 11. The number of nitrogens with one attached hydrogen (secondary N) is 4. The average molecular weight is 1360 g/mol. The van der Waals surface area contributed by atoms with Crippen LogP contribution in [-0.4, -0.2) is 267 Å². The summed E-state index contributed by atoms with van der Waals surface area (Å²) in [5, 5.41) is 33.5. The van der Waals surface area contributed by atoms with Gasteiger partial charge in [-0.15, -0.1) is 11.8 Å². The van der Waals surface area contributed by atoms with Gasteiger partial charge in [0.05, 0.1) is 11.7 Å². The van der Waals surface area contributed by atoms with Crippen molar-refractivity contribution in [3.8, 4) is 0 Å². The fraction of sp³-hybridized carbons (Fsp3) is 0.812. The van der Waals surface area contributed by atoms with Crippen molar-refractivity contribution < 1.29 is 63.0 Å². The monoisotopic (exact) mass is 1360 g/mol. The summed E-state index contributed by atoms with van der Waals surface area (Å²) in [5.74, 6) is -9.87. The molecule has 0 spiro atoms. The van der Waals surface area contributed by atoms with Crippen molar-refractivity contribution in [2.75, 3.05) is 74.7 Å². The van der Waals surface area contributed by atoms with Crippen LogP contribution < -0.4 is 21.3 Å². The number of amides is 11. The topological polar surface area (TPSA) is 302 Å². The lowest BCUT2D eigenvalue weighted by molar-refractivity contribution is -0.157. The third-order valence-electron chi connectivity index (χ3n) is 18.3. The summed E-state index contributed by atoms with van der Waals surface area (Å²) in [4.78, 5) is 175. The normalized spacial score (nSPS) is 27.4. The van der Waals surface area contributed by atoms with Crippen molar-refractivity contribution in [2.24, 2.45) is 35.5 Å². The number of thioether (sulfide) groups is 1. The van der Waals surface area contributed by atoms with E-state index < -0.39 is 160 Å². The highest BCUT2D eigenvalue weighted by Crippen LogP contribution is 2.28. The minimum atomic E-state index is -1.66. The van der Waals surface area contributed by atoms with Crippen LogP contribution in [0.15, 0.2) is 12.2 Å². The second kappa shape index (κ2) is 38.9. The molecule has 2 heterocycles. The van der Waals surface area contributed by atoms with Crippen LogP contribution in [0.4, 0.5) is 0 Å². The van der Waals surface area contributed by atoms with Gasteiger partial charge in [0, 0.05) is 68.1 Å². The van der Waals surface area contributed by atoms with Gasteiger partial charge in [0.15, 0.2) is 5.37 Å². The lowest BCUT2D eigenvalue weighted by atomic mass is 9.91. The molecule has 11 amide bonds. The molecule has 0 aromatic carbocycles. The number of carbonyl (C=O) groups is 11. The van der Waals surface area contributed by atoms with E-state index in [0.717, 1.165) is 53.9 Å². The SMILES string of the molecule is C/C=C/C[C@@H](C)[C@@H](O)[C@H]1C(=O)N[C@@H](CC)C(=O)N(C)[C@H](SCCN2CCCCC2)C(=O)N(C)[C@@H](CC(C)(C)O)C(=O)N[C@@H](C(C)C)C(=O)N(C)[C@@H](CC(C)C)C(=O)N[C@@H](C)C(=O)N[C@H](C)C(=O)N(C)[C@@H](CC(C)C)C(=O)N(C)[C@@H](CC(C)C)C(=O)N(C)[C@@H](C(C)C)C(=O)N1C. The van der Waals surface area contributed by atoms with Crippen LogP contribution in [-0.2, 0) is 52.7 Å². The smallest absolute Gasteiger partial charge is 0.256 e. The Morgan fingerprint density at radius 1 is 0.516 bits per heavy atom. The fourth-order valence-electron chi connectivity index (χ4n) is 12.4. The van der Waals surface area contributed by atoms with E-state index >= 15 is 33.6 Å². The van der Waals surface area contributed by atoms with Crippen LogP contribution in [0.1, 0.15) is 175 Å². The van der Waals surface area contributed by atoms with Crippen LogP contribution in [0.3, 0.4) is 0 Å². The number of hydrogen-bond donors (Lipinski definition) is 6. The highest BCUT2D eigenvalue weighted by Gasteiger charge is 2.47. The van der Waals surface area contributed by atoms with Crippen LogP contribution in [0, 0.1) is 35.5 Å². The molecule has 6 N–H and O–H groups in total. The van der Waals surface area contributed by atoms with E-state index in [0.29, 0.717) is 12.3 Å². The fourth-order valence-corrected chi connectivity index (χ4v) is 13.6. The minimum Gasteiger partial charge on any atom is -0.390 e. The molecule has 95 heavy (non-hydrogen) atoms. The lowest BCUT2D eigenvalue weighted by Crippen LogP contribution is -2.64. The van der Waals surface area contributed by atoms with E-state index in [2.05, 4.69) is 26.2 Å². The first-order valence-corrected chi connectivity index (χ1v) is 35.5. The zero-order valence-corrected chi connectivity index (χ0v) is 62.9. The number of nitrogens with zero attached hydrogens (tertiary/aromatic N) is 8. The van der Waals surface area contributed by atoms with Gasteiger partial charge in [0.25, 0.3) is 5.91 Å². The Balaban J connectivity index is 3.12. The standard InChI is InChI=1S/C69H124N12O13S/c1-25-27-31-45(13)56(82)55-60(86)72-48(26-2)62(88)80(24)68(95-35-34-81-32-29-28-30-33-81)67(93)77(21)52(39-69(16,17)94)59(85)73-53(43(9)10)65(91)74(18)49(36-40(3)4)58(84)70-46(14)57(83)71-47(15)61(87)75(19)50(37-41(5)6)63(89)76(20)51(38-42(7)8)64(90)78(22)54(44(11)12)66(92)79(55)23/h25,27,40-56,68,82,94H,26,28-39H2,1-24H3,(H,70,84)(H,71,83)(H,72,86)(H,73,85)/b27-25+/t45-,46+,47-,48+,49+,50+,51+,52+,53+,54+,55+,56-,68-/m1/s1. The van der Waals surface area contributed by atoms with Gasteiger partial charge in [0.1, 0.15) is 60.4 Å². The Morgan fingerprint density at radius 3 is 1.46 bits per heavy atom. The zero-order valence-electron chi connectivity index (χ0n) is 62.1. The average Bonchev–Trinajstić information content (AvgIpc) is 0.810. The van der Waals surface area contributed by atoms with Crippen LogP contribution in [0.5, 0.6) is 0 Å². The molecule has 2 saturated heterocycles. The molecule has 0 unspecified atom stereocenters. The van der Waals surface area contributed by atoms with E-state index in [-0.39, 0.29) is 56.3 Å². The first-order chi connectivity index (χ1) is 44.0. The van der Waals surface area contributed by atoms with Gasteiger partial charge < -0.3 is 70.7 Å². The highest BCUT2D eigenvalue weighted by molar-refractivity contribution is 8.00. The number of likely N-dealkylation sites (N-methyl/N-ethyl adjacent to an activating group) is 7. The van der Waals surface area contributed by atoms with Crippen LogP contribution >= 0.6 is 11.8 Å². The number of hydrogen-bond acceptors (Lipinski definition) is 15. The maximum absolute atomic E-state index is 15.4. The van der Waals surface area contributed by atoms with Crippen molar-refractivity contribution in [1.82, 2.24) is 60.5 Å². The van der Waals surface area contributed by atoms with Crippen molar-refractivity contribution in [2.45, 2.75) is 253 Å². The quantitative estimate of drug-likeness (QED) is 0.0999. The number of piperidine rings is 1. The zero-order chi connectivity index (χ0) is 73.0. The van der Waals surface area contributed by atoms with Gasteiger partial charge in [-0.2, -0.15) is 0 Å². The molecule has 25 nitrogen and oxygen atoms in total. The summed E-state index contributed by atoms with van der Waals surface area (Å²) < 4.78 is 0. The molecular weight excluding hydrogens is 1240 g/mol. The van der Waals surface area contributed by atoms with E-state index in [1.54, 1.807) is 54.5 Å². The third-order valence-corrected chi connectivity index (χ3v) is 19.6. The Kier molecular flexibility index (Phi) is 34.9. The molecule has 0 radical (unpaired) electrons. The van der Waals surface area contributed by atoms with Gasteiger partial charge in [-0.1, -0.05) is 102 Å². The number of likely N-dealkylation sites (tertiary alicyclic amines) is 1. The van der Waals surface area contributed by atoms with Gasteiger partial charge in [0.2, 0.25) is 59.1 Å². The molecule has 0 aromatic heterocycles. The second-order valence-electron chi connectivity index (χ2n) is 29.3. The second-order valence-corrected chi connectivity index (χ2v) is 30.5. The van der Waals surface area contributed by atoms with Gasteiger partial charge in [-0.05, 0) is 128 Å². The molecule has 2 rings (SSSR count). The highest BCUT2D eigenvalue weighted by atomic mass is 32.2. The maximum Gasteiger partial charge on any atom is 0.256 e. The summed E-state index contributed by atoms with van der Waals surface area (Å²) >= 11 is 1.16. The Hall–Kier alpha value is -5.86. The van der Waals surface area contributed by atoms with E-state index in [9.17, 15) is 29.4 Å². The minimum absolute atomic E-state index is 0.0223. The summed E-state index contributed by atoms with van der Waals surface area (Å²) in [5.41, 5.74) is -1.58. The van der Waals surface area contributed by atoms with Crippen molar-refractivity contribution in [3.63, 3.8) is 0 Å². The third kappa shape index (κ3) is 24.6. The molecule has 2 aliphatic rings. The van der Waals surface area contributed by atoms with E-state index in [1.807, 2.05) is 47.6 Å². The van der Waals surface area contributed by atoms with Crippen LogP contribution in [0.2, 0.25) is 0 Å². The predicted molar refractivity (Wildman–Crippen MR) is 372 cm³/mol. The number of aliphatic hydroxyl groups excluding tert-OH is 1. The lowest BCUT2D eigenvalue weighted by Gasteiger charge is -2.41. The molecule has 0 saturated carbocycles. The number of allylic oxidation sites excluding steroid dienone is 2. The Morgan fingerprint density at radius 2 is 0.979 bits per heavy atom.